The molecule has 1 atom stereocenters. The van der Waals surface area contributed by atoms with Gasteiger partial charge in [-0.25, -0.2) is 0 Å². The van der Waals surface area contributed by atoms with Crippen LogP contribution in [-0.2, 0) is 0 Å². The van der Waals surface area contributed by atoms with Crippen LogP contribution in [0.15, 0.2) is 0 Å². The first kappa shape index (κ1) is 15.9. The predicted molar refractivity (Wildman–Crippen MR) is 73.7 cm³/mol. The monoisotopic (exact) mass is 228 g/mol. The molecule has 98 valence electrons. The van der Waals surface area contributed by atoms with Crippen LogP contribution in [0.1, 0.15) is 59.3 Å². The Morgan fingerprint density at radius 1 is 0.938 bits per heavy atom. The molecule has 2 heteroatoms. The van der Waals surface area contributed by atoms with Crippen LogP contribution in [0.4, 0.5) is 0 Å². The normalized spacial score (nSPS) is 13.3. The molecular formula is C14H32N2. The van der Waals surface area contributed by atoms with E-state index < -0.39 is 0 Å². The minimum atomic E-state index is 0.800. The Morgan fingerprint density at radius 3 is 2.25 bits per heavy atom. The van der Waals surface area contributed by atoms with Crippen LogP contribution in [0.25, 0.3) is 0 Å². The fraction of sp³-hybridized carbons (Fsp3) is 1.00. The highest BCUT2D eigenvalue weighted by Gasteiger charge is 2.06. The third kappa shape index (κ3) is 9.17. The Bertz CT molecular complexity index is 137. The lowest BCUT2D eigenvalue weighted by atomic mass is 10.0. The molecule has 0 aliphatic carbocycles. The second-order valence-electron chi connectivity index (χ2n) is 5.02. The van der Waals surface area contributed by atoms with Gasteiger partial charge in [0.2, 0.25) is 0 Å². The number of rotatable bonds is 11. The molecule has 2 nitrogen and oxygen atoms in total. The largest absolute Gasteiger partial charge is 0.329 e. The summed E-state index contributed by atoms with van der Waals surface area (Å²) in [5.74, 6) is 0.872. The summed E-state index contributed by atoms with van der Waals surface area (Å²) in [6.07, 6.45) is 8.01. The molecule has 0 aromatic carbocycles. The fourth-order valence-electron chi connectivity index (χ4n) is 2.14. The van der Waals surface area contributed by atoms with Crippen LogP contribution < -0.4 is 5.73 Å². The van der Waals surface area contributed by atoms with Gasteiger partial charge in [0.1, 0.15) is 0 Å². The summed E-state index contributed by atoms with van der Waals surface area (Å²) in [6, 6.07) is 0. The van der Waals surface area contributed by atoms with Gasteiger partial charge in [-0.3, -0.25) is 0 Å². The zero-order valence-electron chi connectivity index (χ0n) is 11.7. The molecule has 0 radical (unpaired) electrons. The second kappa shape index (κ2) is 11.4. The molecule has 16 heavy (non-hydrogen) atoms. The highest BCUT2D eigenvalue weighted by Crippen LogP contribution is 2.11. The molecule has 0 saturated heterocycles. The average Bonchev–Trinajstić information content (AvgIpc) is 2.26. The summed E-state index contributed by atoms with van der Waals surface area (Å²) in [4.78, 5) is 2.54. The van der Waals surface area contributed by atoms with E-state index in [4.69, 9.17) is 5.73 Å². The number of nitrogens with zero attached hydrogens (tertiary/aromatic N) is 1. The third-order valence-corrected chi connectivity index (χ3v) is 3.24. The van der Waals surface area contributed by atoms with Crippen molar-refractivity contribution in [2.24, 2.45) is 11.7 Å². The minimum Gasteiger partial charge on any atom is -0.329 e. The van der Waals surface area contributed by atoms with Gasteiger partial charge >= 0.3 is 0 Å². The van der Waals surface area contributed by atoms with Crippen molar-refractivity contribution < 1.29 is 0 Å². The maximum atomic E-state index is 5.66. The van der Waals surface area contributed by atoms with E-state index in [1.165, 1.54) is 51.6 Å². The summed E-state index contributed by atoms with van der Waals surface area (Å²) >= 11 is 0. The van der Waals surface area contributed by atoms with Gasteiger partial charge in [0.25, 0.3) is 0 Å². The van der Waals surface area contributed by atoms with E-state index in [1.54, 1.807) is 0 Å². The topological polar surface area (TPSA) is 29.3 Å². The van der Waals surface area contributed by atoms with Gasteiger partial charge in [0.15, 0.2) is 0 Å². The number of hydrogen-bond donors (Lipinski definition) is 1. The zero-order chi connectivity index (χ0) is 12.2. The summed E-state index contributed by atoms with van der Waals surface area (Å²) < 4.78 is 0. The predicted octanol–water partition coefficient (Wildman–Crippen LogP) is 3.26. The highest BCUT2D eigenvalue weighted by atomic mass is 15.1. The van der Waals surface area contributed by atoms with E-state index >= 15 is 0 Å². The lowest BCUT2D eigenvalue weighted by molar-refractivity contribution is 0.252. The number of hydrogen-bond acceptors (Lipinski definition) is 2. The molecule has 0 fully saturated rings. The molecule has 0 aromatic rings. The van der Waals surface area contributed by atoms with Gasteiger partial charge in [0.05, 0.1) is 0 Å². The van der Waals surface area contributed by atoms with E-state index in [2.05, 4.69) is 25.7 Å². The SMILES string of the molecule is CCCCCN(CCN)CCC(C)CCC. The van der Waals surface area contributed by atoms with E-state index in [9.17, 15) is 0 Å². The van der Waals surface area contributed by atoms with Crippen molar-refractivity contribution in [3.05, 3.63) is 0 Å². The van der Waals surface area contributed by atoms with Crippen LogP contribution in [-0.4, -0.2) is 31.1 Å². The molecule has 0 bridgehead atoms. The van der Waals surface area contributed by atoms with Crippen LogP contribution >= 0.6 is 0 Å². The summed E-state index contributed by atoms with van der Waals surface area (Å²) in [7, 11) is 0. The number of nitrogens with two attached hydrogens (primary N) is 1. The lowest BCUT2D eigenvalue weighted by Gasteiger charge is -2.23. The average molecular weight is 228 g/mol. The Balaban J connectivity index is 3.65. The van der Waals surface area contributed by atoms with Crippen LogP contribution in [0.3, 0.4) is 0 Å². The molecule has 1 unspecified atom stereocenters. The van der Waals surface area contributed by atoms with Crippen molar-refractivity contribution >= 4 is 0 Å². The van der Waals surface area contributed by atoms with E-state index in [-0.39, 0.29) is 0 Å². The molecule has 0 amide bonds. The van der Waals surface area contributed by atoms with Crippen LogP contribution in [0.2, 0.25) is 0 Å². The summed E-state index contributed by atoms with van der Waals surface area (Å²) in [6.45, 7) is 11.3. The van der Waals surface area contributed by atoms with Crippen molar-refractivity contribution in [2.45, 2.75) is 59.3 Å². The minimum absolute atomic E-state index is 0.800. The van der Waals surface area contributed by atoms with Gasteiger partial charge < -0.3 is 10.6 Å². The Labute approximate surface area is 103 Å². The third-order valence-electron chi connectivity index (χ3n) is 3.24. The molecular weight excluding hydrogens is 196 g/mol. The first-order valence-corrected chi connectivity index (χ1v) is 7.16. The first-order valence-electron chi connectivity index (χ1n) is 7.16. The zero-order valence-corrected chi connectivity index (χ0v) is 11.7. The van der Waals surface area contributed by atoms with Gasteiger partial charge in [-0.15, -0.1) is 0 Å². The molecule has 0 saturated carbocycles. The lowest BCUT2D eigenvalue weighted by Crippen LogP contribution is -2.32. The summed E-state index contributed by atoms with van der Waals surface area (Å²) in [5.41, 5.74) is 5.66. The molecule has 2 N–H and O–H groups in total. The molecule has 0 rings (SSSR count). The van der Waals surface area contributed by atoms with Gasteiger partial charge in [0, 0.05) is 13.1 Å². The Kier molecular flexibility index (Phi) is 11.3. The second-order valence-corrected chi connectivity index (χ2v) is 5.02. The van der Waals surface area contributed by atoms with Crippen LogP contribution in [0.5, 0.6) is 0 Å². The molecule has 0 aromatic heterocycles. The van der Waals surface area contributed by atoms with Gasteiger partial charge in [-0.1, -0.05) is 46.5 Å². The Hall–Kier alpha value is -0.0800. The van der Waals surface area contributed by atoms with Gasteiger partial charge in [-0.2, -0.15) is 0 Å². The van der Waals surface area contributed by atoms with E-state index in [1.807, 2.05) is 0 Å². The van der Waals surface area contributed by atoms with Crippen molar-refractivity contribution in [3.8, 4) is 0 Å². The smallest absolute Gasteiger partial charge is 0.0105 e. The maximum absolute atomic E-state index is 5.66. The first-order chi connectivity index (χ1) is 7.74. The molecule has 0 aliphatic rings. The molecule has 0 spiro atoms. The van der Waals surface area contributed by atoms with E-state index in [0.717, 1.165) is 19.0 Å². The number of unbranched alkanes of at least 4 members (excludes halogenated alkanes) is 2. The standard InChI is InChI=1S/C14H32N2/c1-4-6-7-11-16(13-10-15)12-9-14(3)8-5-2/h14H,4-13,15H2,1-3H3. The summed E-state index contributed by atoms with van der Waals surface area (Å²) in [5, 5.41) is 0. The van der Waals surface area contributed by atoms with Crippen molar-refractivity contribution in [1.29, 1.82) is 0 Å². The highest BCUT2D eigenvalue weighted by molar-refractivity contribution is 4.62. The molecule has 0 heterocycles. The quantitative estimate of drug-likeness (QED) is 0.550. The van der Waals surface area contributed by atoms with Crippen molar-refractivity contribution in [2.75, 3.05) is 26.2 Å². The van der Waals surface area contributed by atoms with Crippen molar-refractivity contribution in [1.82, 2.24) is 4.90 Å². The van der Waals surface area contributed by atoms with Gasteiger partial charge in [-0.05, 0) is 31.8 Å². The molecule has 0 aliphatic heterocycles. The fourth-order valence-corrected chi connectivity index (χ4v) is 2.14. The maximum Gasteiger partial charge on any atom is 0.0105 e. The van der Waals surface area contributed by atoms with E-state index in [0.29, 0.717) is 0 Å². The Morgan fingerprint density at radius 2 is 1.69 bits per heavy atom. The van der Waals surface area contributed by atoms with Crippen LogP contribution in [0, 0.1) is 5.92 Å². The van der Waals surface area contributed by atoms with Crippen molar-refractivity contribution in [3.63, 3.8) is 0 Å².